The van der Waals surface area contributed by atoms with Gasteiger partial charge >= 0.3 is 12.1 Å². The van der Waals surface area contributed by atoms with Gasteiger partial charge in [0.05, 0.1) is 33.6 Å². The van der Waals surface area contributed by atoms with Crippen LogP contribution in [0.3, 0.4) is 0 Å². The number of esters is 1. The van der Waals surface area contributed by atoms with E-state index < -0.39 is 34.5 Å². The highest BCUT2D eigenvalue weighted by Gasteiger charge is 2.42. The smallest absolute Gasteiger partial charge is 0.416 e. The van der Waals surface area contributed by atoms with Gasteiger partial charge in [0.25, 0.3) is 5.91 Å². The topological polar surface area (TPSA) is 175 Å². The number of H-pyrrole nitrogens is 1. The molecule has 0 aliphatic carbocycles. The van der Waals surface area contributed by atoms with Crippen LogP contribution in [-0.4, -0.2) is 44.9 Å². The number of fused-ring (bicyclic) bond motifs is 1. The van der Waals surface area contributed by atoms with E-state index in [0.717, 1.165) is 0 Å². The zero-order chi connectivity index (χ0) is 25.5. The molecule has 1 aromatic carbocycles. The van der Waals surface area contributed by atoms with Crippen LogP contribution in [0.5, 0.6) is 5.75 Å². The molecule has 0 unspecified atom stereocenters. The molecule has 0 bridgehead atoms. The van der Waals surface area contributed by atoms with Crippen molar-refractivity contribution in [3.8, 4) is 28.1 Å². The normalized spacial score (nSPS) is 11.6. The Bertz CT molecular complexity index is 1450. The summed E-state index contributed by atoms with van der Waals surface area (Å²) in [5, 5.41) is 12.3. The number of benzene rings is 1. The molecule has 0 saturated heterocycles. The van der Waals surface area contributed by atoms with Crippen molar-refractivity contribution in [1.82, 2.24) is 25.7 Å². The molecule has 0 fully saturated rings. The van der Waals surface area contributed by atoms with E-state index in [1.807, 2.05) is 0 Å². The van der Waals surface area contributed by atoms with Gasteiger partial charge in [-0.05, 0) is 13.0 Å². The van der Waals surface area contributed by atoms with Crippen LogP contribution in [0, 0.1) is 0 Å². The van der Waals surface area contributed by atoms with Gasteiger partial charge in [-0.25, -0.2) is 4.79 Å². The van der Waals surface area contributed by atoms with Gasteiger partial charge in [0.2, 0.25) is 0 Å². The minimum absolute atomic E-state index is 0.00847. The number of pyridine rings is 1. The van der Waals surface area contributed by atoms with Crippen molar-refractivity contribution >= 4 is 46.0 Å². The number of rotatable bonds is 5. The maximum atomic E-state index is 12.9. The molecule has 6 N–H and O–H groups in total. The number of aromatic amines is 1. The number of hydrogen-bond acceptors (Lipinski definition) is 9. The minimum atomic E-state index is -5.35. The van der Waals surface area contributed by atoms with E-state index in [1.54, 1.807) is 13.1 Å². The number of ether oxygens (including phenoxy) is 1. The van der Waals surface area contributed by atoms with Crippen molar-refractivity contribution in [3.63, 3.8) is 0 Å². The highest BCUT2D eigenvalue weighted by Crippen LogP contribution is 2.45. The van der Waals surface area contributed by atoms with Gasteiger partial charge in [0.15, 0.2) is 17.2 Å². The number of aromatic nitrogens is 4. The molecule has 0 spiro atoms. The highest BCUT2D eigenvalue weighted by molar-refractivity contribution is 6.36. The van der Waals surface area contributed by atoms with Crippen LogP contribution in [0.15, 0.2) is 29.2 Å². The standard InChI is InChI=1S/C20H15ClF3N7O4/c1-2-27-18(32)9-3-8(12(21)16(13(9)25)34-19(33)20(22,23)24)14-11-15(35-31-17(11)26)10(6-28-14)7-4-29-30-5-7/h3-6H,2,25H2,1H3,(H2,26,31)(H,27,32)(H,29,30). The first-order chi connectivity index (χ1) is 16.5. The molecule has 0 radical (unpaired) electrons. The summed E-state index contributed by atoms with van der Waals surface area (Å²) in [6.45, 7) is 1.79. The third-order valence-corrected chi connectivity index (χ3v) is 5.23. The first-order valence-corrected chi connectivity index (χ1v) is 10.1. The van der Waals surface area contributed by atoms with Crippen LogP contribution < -0.4 is 21.5 Å². The molecule has 35 heavy (non-hydrogen) atoms. The van der Waals surface area contributed by atoms with Gasteiger partial charge in [-0.1, -0.05) is 16.8 Å². The summed E-state index contributed by atoms with van der Waals surface area (Å²) in [5.74, 6) is -4.31. The number of halogens is 4. The Hall–Kier alpha value is -4.33. The third kappa shape index (κ3) is 4.19. The SMILES string of the molecule is CCNC(=O)c1cc(-c2ncc(-c3cn[nH]c3)c3onc(N)c23)c(Cl)c(OC(=O)C(F)(F)F)c1N. The van der Waals surface area contributed by atoms with Crippen LogP contribution in [0.1, 0.15) is 17.3 Å². The zero-order valence-corrected chi connectivity index (χ0v) is 18.4. The van der Waals surface area contributed by atoms with Gasteiger partial charge in [0, 0.05) is 35.6 Å². The predicted octanol–water partition coefficient (Wildman–Crippen LogP) is 3.32. The van der Waals surface area contributed by atoms with Crippen molar-refractivity contribution in [1.29, 1.82) is 0 Å². The fourth-order valence-electron chi connectivity index (χ4n) is 3.29. The molecule has 4 rings (SSSR count). The van der Waals surface area contributed by atoms with E-state index in [4.69, 9.17) is 27.6 Å². The Kier molecular flexibility index (Phi) is 5.98. The summed E-state index contributed by atoms with van der Waals surface area (Å²) in [6.07, 6.45) is -0.929. The van der Waals surface area contributed by atoms with E-state index >= 15 is 0 Å². The molecule has 15 heteroatoms. The molecule has 0 saturated carbocycles. The van der Waals surface area contributed by atoms with E-state index in [2.05, 4.69) is 30.4 Å². The molecule has 11 nitrogen and oxygen atoms in total. The third-order valence-electron chi connectivity index (χ3n) is 4.85. The number of anilines is 2. The largest absolute Gasteiger partial charge is 0.491 e. The highest BCUT2D eigenvalue weighted by atomic mass is 35.5. The summed E-state index contributed by atoms with van der Waals surface area (Å²) in [6, 6.07) is 1.19. The zero-order valence-electron chi connectivity index (χ0n) is 17.7. The second kappa shape index (κ2) is 8.79. The van der Waals surface area contributed by atoms with Crippen LogP contribution in [0.4, 0.5) is 24.7 Å². The number of nitrogens with two attached hydrogens (primary N) is 2. The van der Waals surface area contributed by atoms with Crippen LogP contribution in [0.25, 0.3) is 33.4 Å². The number of carbonyl (C=O) groups excluding carboxylic acids is 2. The van der Waals surface area contributed by atoms with Crippen LogP contribution >= 0.6 is 11.6 Å². The number of alkyl halides is 3. The first-order valence-electron chi connectivity index (χ1n) is 9.77. The average Bonchev–Trinajstić information content (AvgIpc) is 3.46. The van der Waals surface area contributed by atoms with Gasteiger partial charge in [0.1, 0.15) is 0 Å². The Morgan fingerprint density at radius 3 is 2.63 bits per heavy atom. The molecule has 0 atom stereocenters. The molecule has 3 heterocycles. The fourth-order valence-corrected chi connectivity index (χ4v) is 3.57. The molecular formula is C20H15ClF3N7O4. The van der Waals surface area contributed by atoms with Crippen molar-refractivity contribution in [2.24, 2.45) is 0 Å². The van der Waals surface area contributed by atoms with E-state index in [0.29, 0.717) is 11.1 Å². The number of hydrogen-bond donors (Lipinski definition) is 4. The van der Waals surface area contributed by atoms with Crippen molar-refractivity contribution < 1.29 is 32.0 Å². The Balaban J connectivity index is 2.00. The molecule has 3 aromatic heterocycles. The molecule has 4 aromatic rings. The summed E-state index contributed by atoms with van der Waals surface area (Å²) in [5.41, 5.74) is 12.1. The maximum Gasteiger partial charge on any atom is 0.491 e. The van der Waals surface area contributed by atoms with Gasteiger partial charge in [-0.3, -0.25) is 14.9 Å². The molecule has 182 valence electrons. The number of nitrogens with zero attached hydrogens (tertiary/aromatic N) is 3. The fraction of sp³-hybridized carbons (Fsp3) is 0.150. The summed E-state index contributed by atoms with van der Waals surface area (Å²) in [4.78, 5) is 28.5. The summed E-state index contributed by atoms with van der Waals surface area (Å²) >= 11 is 6.35. The summed E-state index contributed by atoms with van der Waals surface area (Å²) < 4.78 is 48.5. The van der Waals surface area contributed by atoms with Gasteiger partial charge in [-0.2, -0.15) is 18.3 Å². The van der Waals surface area contributed by atoms with Crippen molar-refractivity contribution in [3.05, 3.63) is 35.2 Å². The lowest BCUT2D eigenvalue weighted by Gasteiger charge is -2.17. The molecule has 1 amide bonds. The number of nitrogen functional groups attached to an aromatic ring is 2. The van der Waals surface area contributed by atoms with Crippen molar-refractivity contribution in [2.75, 3.05) is 18.0 Å². The number of amides is 1. The Labute approximate surface area is 198 Å². The molecular weight excluding hydrogens is 495 g/mol. The first kappa shape index (κ1) is 23.8. The van der Waals surface area contributed by atoms with Gasteiger partial charge in [-0.15, -0.1) is 0 Å². The van der Waals surface area contributed by atoms with E-state index in [1.165, 1.54) is 18.5 Å². The number of carbonyl (C=O) groups is 2. The lowest BCUT2D eigenvalue weighted by atomic mass is 10.00. The monoisotopic (exact) mass is 509 g/mol. The van der Waals surface area contributed by atoms with E-state index in [-0.39, 0.29) is 40.2 Å². The maximum absolute atomic E-state index is 12.9. The lowest BCUT2D eigenvalue weighted by molar-refractivity contribution is -0.189. The lowest BCUT2D eigenvalue weighted by Crippen LogP contribution is -2.29. The van der Waals surface area contributed by atoms with Crippen LogP contribution in [-0.2, 0) is 4.79 Å². The Morgan fingerprint density at radius 1 is 1.26 bits per heavy atom. The minimum Gasteiger partial charge on any atom is -0.416 e. The predicted molar refractivity (Wildman–Crippen MR) is 118 cm³/mol. The van der Waals surface area contributed by atoms with Gasteiger partial charge < -0.3 is 26.0 Å². The molecule has 0 aliphatic rings. The Morgan fingerprint density at radius 2 is 2.00 bits per heavy atom. The van der Waals surface area contributed by atoms with Crippen molar-refractivity contribution in [2.45, 2.75) is 13.1 Å². The van der Waals surface area contributed by atoms with Crippen LogP contribution in [0.2, 0.25) is 5.02 Å². The number of nitrogens with one attached hydrogen (secondary N) is 2. The second-order valence-corrected chi connectivity index (χ2v) is 7.43. The summed E-state index contributed by atoms with van der Waals surface area (Å²) in [7, 11) is 0. The average molecular weight is 510 g/mol. The molecule has 0 aliphatic heterocycles. The quantitative estimate of drug-likeness (QED) is 0.178. The van der Waals surface area contributed by atoms with E-state index in [9.17, 15) is 22.8 Å². The second-order valence-electron chi connectivity index (χ2n) is 7.05.